The highest BCUT2D eigenvalue weighted by Crippen LogP contribution is 2.48. The lowest BCUT2D eigenvalue weighted by atomic mass is 9.88. The lowest BCUT2D eigenvalue weighted by molar-refractivity contribution is 1.07. The molecule has 0 radical (unpaired) electrons. The van der Waals surface area contributed by atoms with E-state index in [4.69, 9.17) is 15.0 Å². The third-order valence-electron chi connectivity index (χ3n) is 10.2. The Hall–Kier alpha value is -6.71. The number of hydrogen-bond acceptors (Lipinski definition) is 3. The van der Waals surface area contributed by atoms with Crippen molar-refractivity contribution in [1.29, 1.82) is 0 Å². The van der Waals surface area contributed by atoms with E-state index in [2.05, 4.69) is 115 Å². The Balaban J connectivity index is 1.09. The highest BCUT2D eigenvalue weighted by atomic mass is 15.0. The highest BCUT2D eigenvalue weighted by molar-refractivity contribution is 6.07. The molecule has 9 aromatic rings. The molecule has 0 bridgehead atoms. The zero-order valence-corrected chi connectivity index (χ0v) is 27.8. The largest absolute Gasteiger partial charge is 0.208 e. The van der Waals surface area contributed by atoms with Crippen LogP contribution in [0.1, 0.15) is 11.1 Å². The quantitative estimate of drug-likeness (QED) is 0.186. The summed E-state index contributed by atoms with van der Waals surface area (Å²) in [5.74, 6) is 1.98. The molecule has 3 heteroatoms. The number of hydrogen-bond donors (Lipinski definition) is 0. The number of nitrogens with zero attached hydrogens (tertiary/aromatic N) is 3. The van der Waals surface area contributed by atoms with Crippen LogP contribution in [0.25, 0.3) is 89.1 Å². The smallest absolute Gasteiger partial charge is 0.164 e. The normalized spacial score (nSPS) is 11.8. The van der Waals surface area contributed by atoms with Gasteiger partial charge in [0.25, 0.3) is 0 Å². The Kier molecular flexibility index (Phi) is 6.88. The van der Waals surface area contributed by atoms with E-state index < -0.39 is 0 Å². The molecule has 1 aromatic heterocycles. The van der Waals surface area contributed by atoms with Crippen LogP contribution in [-0.4, -0.2) is 15.0 Å². The molecule has 1 aliphatic rings. The first-order valence-corrected chi connectivity index (χ1v) is 17.4. The average Bonchev–Trinajstić information content (AvgIpc) is 3.60. The monoisotopic (exact) mass is 649 g/mol. The fraction of sp³-hybridized carbons (Fsp3) is 0.0208. The topological polar surface area (TPSA) is 38.7 Å². The van der Waals surface area contributed by atoms with E-state index >= 15 is 0 Å². The van der Waals surface area contributed by atoms with Crippen LogP contribution in [0.15, 0.2) is 176 Å². The van der Waals surface area contributed by atoms with Crippen molar-refractivity contribution < 1.29 is 0 Å². The van der Waals surface area contributed by atoms with Crippen molar-refractivity contribution in [1.82, 2.24) is 15.0 Å². The molecule has 10 rings (SSSR count). The summed E-state index contributed by atoms with van der Waals surface area (Å²) < 4.78 is 0. The molecule has 0 unspecified atom stereocenters. The summed E-state index contributed by atoms with van der Waals surface area (Å²) in [6.07, 6.45) is 0.921. The van der Waals surface area contributed by atoms with Crippen molar-refractivity contribution in [2.24, 2.45) is 0 Å². The van der Waals surface area contributed by atoms with Gasteiger partial charge in [-0.2, -0.15) is 0 Å². The fourth-order valence-corrected chi connectivity index (χ4v) is 7.68. The third kappa shape index (κ3) is 5.10. The second-order valence-corrected chi connectivity index (χ2v) is 13.2. The van der Waals surface area contributed by atoms with Crippen molar-refractivity contribution >= 4 is 21.5 Å². The Morgan fingerprint density at radius 1 is 0.333 bits per heavy atom. The van der Waals surface area contributed by atoms with Crippen LogP contribution in [0, 0.1) is 0 Å². The molecule has 0 fully saturated rings. The Bertz CT molecular complexity index is 2690. The summed E-state index contributed by atoms with van der Waals surface area (Å²) >= 11 is 0. The first-order valence-electron chi connectivity index (χ1n) is 17.4. The third-order valence-corrected chi connectivity index (χ3v) is 10.2. The molecule has 0 aliphatic heterocycles. The second-order valence-electron chi connectivity index (χ2n) is 13.2. The minimum absolute atomic E-state index is 0.657. The van der Waals surface area contributed by atoms with Crippen molar-refractivity contribution in [3.05, 3.63) is 187 Å². The van der Waals surface area contributed by atoms with Gasteiger partial charge in [-0.1, -0.05) is 164 Å². The van der Waals surface area contributed by atoms with Gasteiger partial charge in [0.15, 0.2) is 17.5 Å². The molecule has 0 N–H and O–H groups in total. The van der Waals surface area contributed by atoms with E-state index in [0.717, 1.165) is 23.1 Å². The van der Waals surface area contributed by atoms with Crippen molar-refractivity contribution in [2.75, 3.05) is 0 Å². The summed E-state index contributed by atoms with van der Waals surface area (Å²) in [7, 11) is 0. The van der Waals surface area contributed by atoms with E-state index in [0.29, 0.717) is 17.5 Å². The molecule has 238 valence electrons. The summed E-state index contributed by atoms with van der Waals surface area (Å²) in [6.45, 7) is 0. The Morgan fingerprint density at radius 2 is 0.882 bits per heavy atom. The van der Waals surface area contributed by atoms with E-state index in [9.17, 15) is 0 Å². The maximum absolute atomic E-state index is 4.95. The van der Waals surface area contributed by atoms with Gasteiger partial charge in [0.05, 0.1) is 0 Å². The Morgan fingerprint density at radius 3 is 1.57 bits per heavy atom. The summed E-state index contributed by atoms with van der Waals surface area (Å²) in [4.78, 5) is 14.8. The van der Waals surface area contributed by atoms with Gasteiger partial charge in [0.2, 0.25) is 0 Å². The summed E-state index contributed by atoms with van der Waals surface area (Å²) in [5, 5.41) is 5.14. The maximum atomic E-state index is 4.95. The molecule has 0 saturated carbocycles. The summed E-state index contributed by atoms with van der Waals surface area (Å²) in [5.41, 5.74) is 13.2. The van der Waals surface area contributed by atoms with Gasteiger partial charge in [-0.3, -0.25) is 0 Å². The predicted octanol–water partition coefficient (Wildman–Crippen LogP) is 12.1. The average molecular weight is 650 g/mol. The molecule has 0 amide bonds. The molecule has 0 spiro atoms. The molecule has 0 saturated heterocycles. The van der Waals surface area contributed by atoms with Crippen LogP contribution < -0.4 is 0 Å². The van der Waals surface area contributed by atoms with Crippen LogP contribution in [0.3, 0.4) is 0 Å². The zero-order valence-electron chi connectivity index (χ0n) is 27.8. The lowest BCUT2D eigenvalue weighted by Gasteiger charge is -2.15. The van der Waals surface area contributed by atoms with Crippen LogP contribution >= 0.6 is 0 Å². The number of rotatable bonds is 5. The Labute approximate surface area is 296 Å². The lowest BCUT2D eigenvalue weighted by Crippen LogP contribution is -2.00. The van der Waals surface area contributed by atoms with Gasteiger partial charge in [-0.25, -0.2) is 15.0 Å². The first-order chi connectivity index (χ1) is 25.3. The molecular formula is C48H31N3. The number of fused-ring (bicyclic) bond motifs is 6. The minimum Gasteiger partial charge on any atom is -0.208 e. The fourth-order valence-electron chi connectivity index (χ4n) is 7.68. The van der Waals surface area contributed by atoms with Crippen molar-refractivity contribution in [3.8, 4) is 67.5 Å². The number of aromatic nitrogens is 3. The van der Waals surface area contributed by atoms with Gasteiger partial charge >= 0.3 is 0 Å². The van der Waals surface area contributed by atoms with Crippen molar-refractivity contribution in [2.45, 2.75) is 6.42 Å². The van der Waals surface area contributed by atoms with Crippen LogP contribution in [-0.2, 0) is 6.42 Å². The SMILES string of the molecule is c1ccc(-c2nc(-c3ccccc3)nc(-c3ccc(-c4cccc5c4-c4cc(-c6ccc7ccccc7c6)c6ccccc6c4C5)cc3)n2)cc1. The van der Waals surface area contributed by atoms with E-state index in [1.165, 1.54) is 66.1 Å². The van der Waals surface area contributed by atoms with Crippen LogP contribution in [0.4, 0.5) is 0 Å². The van der Waals surface area contributed by atoms with Gasteiger partial charge in [-0.15, -0.1) is 0 Å². The number of benzene rings is 8. The van der Waals surface area contributed by atoms with Crippen LogP contribution in [0.5, 0.6) is 0 Å². The molecular weight excluding hydrogens is 619 g/mol. The van der Waals surface area contributed by atoms with Gasteiger partial charge < -0.3 is 0 Å². The minimum atomic E-state index is 0.657. The molecule has 8 aromatic carbocycles. The predicted molar refractivity (Wildman–Crippen MR) is 210 cm³/mol. The van der Waals surface area contributed by atoms with Crippen LogP contribution in [0.2, 0.25) is 0 Å². The van der Waals surface area contributed by atoms with E-state index in [1.54, 1.807) is 0 Å². The molecule has 1 aliphatic carbocycles. The molecule has 1 heterocycles. The standard InChI is InChI=1S/C48H31N3/c1-3-13-33(14-4-1)46-49-47(34-15-5-2-6-16-34)51-48(50-46)35-25-23-32(24-26-35)39-21-11-18-38-29-43-41-20-10-9-19-40(41)42(30-44(43)45(38)39)37-27-22-31-12-7-8-17-36(31)28-37/h1-28,30H,29H2. The maximum Gasteiger partial charge on any atom is 0.164 e. The van der Waals surface area contributed by atoms with Gasteiger partial charge in [0, 0.05) is 16.7 Å². The molecule has 3 nitrogen and oxygen atoms in total. The zero-order chi connectivity index (χ0) is 33.7. The highest BCUT2D eigenvalue weighted by Gasteiger charge is 2.26. The first kappa shape index (κ1) is 29.2. The van der Waals surface area contributed by atoms with Crippen molar-refractivity contribution in [3.63, 3.8) is 0 Å². The molecule has 51 heavy (non-hydrogen) atoms. The van der Waals surface area contributed by atoms with E-state index in [-0.39, 0.29) is 0 Å². The molecule has 0 atom stereocenters. The van der Waals surface area contributed by atoms with E-state index in [1.807, 2.05) is 60.7 Å². The summed E-state index contributed by atoms with van der Waals surface area (Å²) in [6, 6.07) is 62.5. The second kappa shape index (κ2) is 12.0. The van der Waals surface area contributed by atoms with Gasteiger partial charge in [-0.05, 0) is 84.6 Å². The van der Waals surface area contributed by atoms with Gasteiger partial charge in [0.1, 0.15) is 0 Å².